The van der Waals surface area contributed by atoms with Crippen molar-refractivity contribution >= 4 is 12.0 Å². The van der Waals surface area contributed by atoms with Crippen molar-refractivity contribution in [3.8, 4) is 0 Å². The van der Waals surface area contributed by atoms with E-state index in [4.69, 9.17) is 0 Å². The van der Waals surface area contributed by atoms with Crippen molar-refractivity contribution in [2.45, 2.75) is 19.9 Å². The fourth-order valence-corrected chi connectivity index (χ4v) is 1.21. The summed E-state index contributed by atoms with van der Waals surface area (Å²) in [6.45, 7) is 3.66. The Labute approximate surface area is 93.6 Å². The largest absolute Gasteiger partial charge is 0.467 e. The molecule has 1 rings (SSSR count). The second-order valence-corrected chi connectivity index (χ2v) is 3.66. The molecule has 0 fully saturated rings. The maximum atomic E-state index is 11.6. The molecule has 6 nitrogen and oxygen atoms in total. The van der Waals surface area contributed by atoms with Gasteiger partial charge in [-0.2, -0.15) is 0 Å². The van der Waals surface area contributed by atoms with Gasteiger partial charge in [0.05, 0.1) is 7.11 Å². The third-order valence-corrected chi connectivity index (χ3v) is 2.14. The highest BCUT2D eigenvalue weighted by atomic mass is 16.5. The predicted octanol–water partition coefficient (Wildman–Crippen LogP) is 0.638. The lowest BCUT2D eigenvalue weighted by Crippen LogP contribution is -2.46. The zero-order valence-electron chi connectivity index (χ0n) is 9.51. The van der Waals surface area contributed by atoms with Crippen LogP contribution in [-0.2, 0) is 9.53 Å². The summed E-state index contributed by atoms with van der Waals surface area (Å²) >= 11 is 0. The molecule has 1 aromatic heterocycles. The number of aromatic nitrogens is 2. The van der Waals surface area contributed by atoms with Gasteiger partial charge in [0.25, 0.3) is 0 Å². The van der Waals surface area contributed by atoms with Crippen LogP contribution in [0.1, 0.15) is 13.8 Å². The quantitative estimate of drug-likeness (QED) is 0.766. The van der Waals surface area contributed by atoms with Crippen molar-refractivity contribution < 1.29 is 14.3 Å². The van der Waals surface area contributed by atoms with Crippen LogP contribution in [0.15, 0.2) is 18.7 Å². The normalized spacial score (nSPS) is 12.2. The highest BCUT2D eigenvalue weighted by molar-refractivity contribution is 5.84. The molecule has 1 amide bonds. The second kappa shape index (κ2) is 5.29. The highest BCUT2D eigenvalue weighted by Gasteiger charge is 2.25. The minimum Gasteiger partial charge on any atom is -0.467 e. The SMILES string of the molecule is COC(=O)[C@@H](NC(=O)n1ccnc1)C(C)C. The van der Waals surface area contributed by atoms with Crippen LogP contribution in [0.3, 0.4) is 0 Å². The van der Waals surface area contributed by atoms with Crippen LogP contribution in [0, 0.1) is 5.92 Å². The Balaban J connectivity index is 2.69. The highest BCUT2D eigenvalue weighted by Crippen LogP contribution is 2.04. The van der Waals surface area contributed by atoms with Crippen molar-refractivity contribution in [2.75, 3.05) is 7.11 Å². The summed E-state index contributed by atoms with van der Waals surface area (Å²) in [5.41, 5.74) is 0. The van der Waals surface area contributed by atoms with E-state index < -0.39 is 18.0 Å². The fourth-order valence-electron chi connectivity index (χ4n) is 1.21. The van der Waals surface area contributed by atoms with Crippen LogP contribution in [0.5, 0.6) is 0 Å². The predicted molar refractivity (Wildman–Crippen MR) is 56.8 cm³/mol. The molecule has 0 bridgehead atoms. The van der Waals surface area contributed by atoms with Gasteiger partial charge in [0.15, 0.2) is 0 Å². The van der Waals surface area contributed by atoms with Crippen LogP contribution in [0.2, 0.25) is 0 Å². The van der Waals surface area contributed by atoms with Gasteiger partial charge in [-0.05, 0) is 5.92 Å². The fraction of sp³-hybridized carbons (Fsp3) is 0.500. The zero-order valence-corrected chi connectivity index (χ0v) is 9.51. The van der Waals surface area contributed by atoms with E-state index in [1.54, 1.807) is 0 Å². The van der Waals surface area contributed by atoms with Crippen molar-refractivity contribution in [3.63, 3.8) is 0 Å². The summed E-state index contributed by atoms with van der Waals surface area (Å²) in [6, 6.07) is -1.05. The number of carbonyl (C=O) groups excluding carboxylic acids is 2. The van der Waals surface area contributed by atoms with Crippen LogP contribution in [0.4, 0.5) is 4.79 Å². The van der Waals surface area contributed by atoms with Gasteiger partial charge in [-0.15, -0.1) is 0 Å². The van der Waals surface area contributed by atoms with Gasteiger partial charge < -0.3 is 10.1 Å². The molecule has 0 aliphatic carbocycles. The Morgan fingerprint density at radius 2 is 2.12 bits per heavy atom. The first kappa shape index (κ1) is 12.2. The number of amides is 1. The lowest BCUT2D eigenvalue weighted by molar-refractivity contribution is -0.143. The first-order chi connectivity index (χ1) is 7.56. The molecule has 6 heteroatoms. The van der Waals surface area contributed by atoms with Crippen LogP contribution in [0.25, 0.3) is 0 Å². The molecule has 0 saturated heterocycles. The van der Waals surface area contributed by atoms with E-state index >= 15 is 0 Å². The second-order valence-electron chi connectivity index (χ2n) is 3.66. The number of carbonyl (C=O) groups is 2. The molecule has 16 heavy (non-hydrogen) atoms. The number of hydrogen-bond acceptors (Lipinski definition) is 4. The van der Waals surface area contributed by atoms with Crippen molar-refractivity contribution in [1.82, 2.24) is 14.9 Å². The number of methoxy groups -OCH3 is 1. The van der Waals surface area contributed by atoms with Gasteiger partial charge in [-0.1, -0.05) is 13.8 Å². The lowest BCUT2D eigenvalue weighted by Gasteiger charge is -2.19. The van der Waals surface area contributed by atoms with Crippen LogP contribution >= 0.6 is 0 Å². The molecule has 0 aliphatic heterocycles. The summed E-state index contributed by atoms with van der Waals surface area (Å²) in [4.78, 5) is 26.8. The van der Waals surface area contributed by atoms with Crippen molar-refractivity contribution in [1.29, 1.82) is 0 Å². The molecule has 0 spiro atoms. The smallest absolute Gasteiger partial charge is 0.328 e. The van der Waals surface area contributed by atoms with E-state index in [0.717, 1.165) is 0 Å². The Morgan fingerprint density at radius 3 is 2.56 bits per heavy atom. The summed E-state index contributed by atoms with van der Waals surface area (Å²) in [7, 11) is 1.29. The number of imidazole rings is 1. The molecule has 1 N–H and O–H groups in total. The Kier molecular flexibility index (Phi) is 4.04. The van der Waals surface area contributed by atoms with Gasteiger partial charge in [-0.25, -0.2) is 14.6 Å². The number of hydrogen-bond donors (Lipinski definition) is 1. The number of nitrogens with zero attached hydrogens (tertiary/aromatic N) is 2. The monoisotopic (exact) mass is 225 g/mol. The van der Waals surface area contributed by atoms with Crippen molar-refractivity contribution in [3.05, 3.63) is 18.7 Å². The minimum absolute atomic E-state index is 0.0417. The molecule has 1 heterocycles. The Bertz CT molecular complexity index is 359. The summed E-state index contributed by atoms with van der Waals surface area (Å²) in [6.07, 6.45) is 4.36. The van der Waals surface area contributed by atoms with E-state index in [1.807, 2.05) is 13.8 Å². The molecule has 88 valence electrons. The summed E-state index contributed by atoms with van der Waals surface area (Å²) in [5, 5.41) is 2.58. The first-order valence-electron chi connectivity index (χ1n) is 4.93. The van der Waals surface area contributed by atoms with Gasteiger partial charge in [0.1, 0.15) is 12.4 Å². The van der Waals surface area contributed by atoms with E-state index in [1.165, 1.54) is 30.4 Å². The van der Waals surface area contributed by atoms with Gasteiger partial charge in [0, 0.05) is 12.4 Å². The molecule has 0 unspecified atom stereocenters. The maximum Gasteiger partial charge on any atom is 0.328 e. The topological polar surface area (TPSA) is 73.2 Å². The molecule has 0 radical (unpaired) electrons. The van der Waals surface area contributed by atoms with Gasteiger partial charge in [0.2, 0.25) is 0 Å². The van der Waals surface area contributed by atoms with E-state index in [-0.39, 0.29) is 5.92 Å². The third-order valence-electron chi connectivity index (χ3n) is 2.14. The van der Waals surface area contributed by atoms with Crippen molar-refractivity contribution in [2.24, 2.45) is 5.92 Å². The van der Waals surface area contributed by atoms with E-state index in [2.05, 4.69) is 15.0 Å². The molecule has 0 aliphatic rings. The van der Waals surface area contributed by atoms with E-state index in [0.29, 0.717) is 0 Å². The number of nitrogens with one attached hydrogen (secondary N) is 1. The maximum absolute atomic E-state index is 11.6. The zero-order chi connectivity index (χ0) is 12.1. The number of ether oxygens (including phenoxy) is 1. The average Bonchev–Trinajstić information content (AvgIpc) is 2.77. The third kappa shape index (κ3) is 2.82. The molecule has 0 saturated carbocycles. The Morgan fingerprint density at radius 1 is 1.44 bits per heavy atom. The molecule has 0 aromatic carbocycles. The summed E-state index contributed by atoms with van der Waals surface area (Å²) < 4.78 is 5.88. The molecule has 1 atom stereocenters. The van der Waals surface area contributed by atoms with Crippen LogP contribution < -0.4 is 5.32 Å². The van der Waals surface area contributed by atoms with Gasteiger partial charge in [-0.3, -0.25) is 4.57 Å². The van der Waals surface area contributed by atoms with Crippen LogP contribution in [-0.4, -0.2) is 34.7 Å². The lowest BCUT2D eigenvalue weighted by atomic mass is 10.1. The average molecular weight is 225 g/mol. The molecular weight excluding hydrogens is 210 g/mol. The Hall–Kier alpha value is -1.85. The summed E-state index contributed by atoms with van der Waals surface area (Å²) in [5.74, 6) is -0.497. The van der Waals surface area contributed by atoms with E-state index in [9.17, 15) is 9.59 Å². The first-order valence-corrected chi connectivity index (χ1v) is 4.93. The number of esters is 1. The molecule has 1 aromatic rings. The van der Waals surface area contributed by atoms with Gasteiger partial charge >= 0.3 is 12.0 Å². The molecular formula is C10H15N3O3. The minimum atomic E-state index is -0.653. The number of rotatable bonds is 3. The standard InChI is InChI=1S/C10H15N3O3/c1-7(2)8(9(14)16-3)12-10(15)13-5-4-11-6-13/h4-8H,1-3H3,(H,12,15)/t8-/m0/s1.